The van der Waals surface area contributed by atoms with E-state index < -0.39 is 0 Å². The molecule has 0 fully saturated rings. The summed E-state index contributed by atoms with van der Waals surface area (Å²) in [5.41, 5.74) is 4.81. The molecule has 4 heteroatoms. The highest BCUT2D eigenvalue weighted by Gasteiger charge is 2.19. The van der Waals surface area contributed by atoms with Gasteiger partial charge in [0.1, 0.15) is 17.9 Å². The normalized spacial score (nSPS) is 10.7. The molecule has 3 nitrogen and oxygen atoms in total. The summed E-state index contributed by atoms with van der Waals surface area (Å²) in [6.07, 6.45) is 0. The predicted molar refractivity (Wildman–Crippen MR) is 96.3 cm³/mol. The summed E-state index contributed by atoms with van der Waals surface area (Å²) in [6.45, 7) is 3.61. The third kappa shape index (κ3) is 3.78. The van der Waals surface area contributed by atoms with Crippen molar-refractivity contribution in [3.8, 4) is 11.3 Å². The van der Waals surface area contributed by atoms with Gasteiger partial charge in [0, 0.05) is 18.1 Å². The SMILES string of the molecule is COCC[n+]1c(-c2ccc(C)cc2)csc1Nc1ccccc1. The van der Waals surface area contributed by atoms with Gasteiger partial charge in [0.05, 0.1) is 6.61 Å². The van der Waals surface area contributed by atoms with E-state index in [4.69, 9.17) is 4.74 Å². The van der Waals surface area contributed by atoms with Gasteiger partial charge in [-0.05, 0) is 19.1 Å². The molecule has 1 heterocycles. The van der Waals surface area contributed by atoms with Gasteiger partial charge in [-0.2, -0.15) is 0 Å². The Morgan fingerprint density at radius 1 is 1.04 bits per heavy atom. The van der Waals surface area contributed by atoms with E-state index in [9.17, 15) is 0 Å². The van der Waals surface area contributed by atoms with Crippen LogP contribution in [0.3, 0.4) is 0 Å². The molecule has 1 aromatic heterocycles. The van der Waals surface area contributed by atoms with Crippen LogP contribution in [-0.4, -0.2) is 13.7 Å². The summed E-state index contributed by atoms with van der Waals surface area (Å²) in [6, 6.07) is 18.9. The second-order valence-electron chi connectivity index (χ2n) is 5.43. The zero-order valence-corrected chi connectivity index (χ0v) is 14.3. The molecule has 0 aliphatic rings. The Hall–Kier alpha value is -2.17. The number of para-hydroxylation sites is 1. The number of hydrogen-bond acceptors (Lipinski definition) is 3. The van der Waals surface area contributed by atoms with E-state index in [0.717, 1.165) is 17.4 Å². The summed E-state index contributed by atoms with van der Waals surface area (Å²) < 4.78 is 7.57. The van der Waals surface area contributed by atoms with Crippen molar-refractivity contribution in [1.29, 1.82) is 0 Å². The molecule has 0 aliphatic heterocycles. The molecule has 0 spiro atoms. The van der Waals surface area contributed by atoms with Gasteiger partial charge in [-0.3, -0.25) is 0 Å². The second kappa shape index (κ2) is 7.40. The van der Waals surface area contributed by atoms with Crippen molar-refractivity contribution in [2.24, 2.45) is 0 Å². The lowest BCUT2D eigenvalue weighted by atomic mass is 10.1. The number of nitrogens with zero attached hydrogens (tertiary/aromatic N) is 1. The van der Waals surface area contributed by atoms with Gasteiger partial charge in [-0.1, -0.05) is 59.4 Å². The molecular formula is C19H21N2OS+. The zero-order chi connectivity index (χ0) is 16.1. The Bertz CT molecular complexity index is 751. The van der Waals surface area contributed by atoms with E-state index >= 15 is 0 Å². The fourth-order valence-electron chi connectivity index (χ4n) is 2.44. The number of methoxy groups -OCH3 is 1. The van der Waals surface area contributed by atoms with Crippen LogP contribution >= 0.6 is 11.3 Å². The van der Waals surface area contributed by atoms with Crippen LogP contribution in [0.4, 0.5) is 10.8 Å². The maximum atomic E-state index is 5.29. The number of thiazole rings is 1. The second-order valence-corrected chi connectivity index (χ2v) is 6.29. The van der Waals surface area contributed by atoms with Crippen molar-refractivity contribution >= 4 is 22.2 Å². The molecule has 0 atom stereocenters. The van der Waals surface area contributed by atoms with Crippen molar-refractivity contribution in [2.75, 3.05) is 19.0 Å². The van der Waals surface area contributed by atoms with Gasteiger partial charge in [-0.25, -0.2) is 9.88 Å². The molecule has 0 bridgehead atoms. The third-order valence-electron chi connectivity index (χ3n) is 3.71. The minimum absolute atomic E-state index is 0.684. The molecular weight excluding hydrogens is 304 g/mol. The lowest BCUT2D eigenvalue weighted by Gasteiger charge is -2.06. The maximum Gasteiger partial charge on any atom is 0.339 e. The average Bonchev–Trinajstić information content (AvgIpc) is 2.97. The fraction of sp³-hybridized carbons (Fsp3) is 0.211. The molecule has 0 unspecified atom stereocenters. The standard InChI is InChI=1S/C19H20N2OS/c1-15-8-10-16(11-9-15)18-14-23-19(21(18)12-13-22-2)20-17-6-4-3-5-7-17/h3-11,14H,12-13H2,1-2H3/p+1. The molecule has 3 aromatic rings. The summed E-state index contributed by atoms with van der Waals surface area (Å²) in [4.78, 5) is 0. The number of anilines is 2. The fourth-order valence-corrected chi connectivity index (χ4v) is 3.42. The largest absolute Gasteiger partial charge is 0.381 e. The number of rotatable bonds is 6. The first-order chi connectivity index (χ1) is 11.3. The molecule has 2 aromatic carbocycles. The van der Waals surface area contributed by atoms with Crippen molar-refractivity contribution in [1.82, 2.24) is 0 Å². The average molecular weight is 325 g/mol. The summed E-state index contributed by atoms with van der Waals surface area (Å²) in [5.74, 6) is 0. The van der Waals surface area contributed by atoms with Crippen LogP contribution in [0, 0.1) is 6.92 Å². The van der Waals surface area contributed by atoms with Crippen LogP contribution in [0.5, 0.6) is 0 Å². The molecule has 0 aliphatic carbocycles. The highest BCUT2D eigenvalue weighted by molar-refractivity contribution is 7.13. The number of aryl methyl sites for hydroxylation is 1. The predicted octanol–water partition coefficient (Wildman–Crippen LogP) is 4.40. The Labute approximate surface area is 141 Å². The topological polar surface area (TPSA) is 25.1 Å². The van der Waals surface area contributed by atoms with E-state index in [1.165, 1.54) is 16.8 Å². The molecule has 1 N–H and O–H groups in total. The lowest BCUT2D eigenvalue weighted by molar-refractivity contribution is -0.669. The van der Waals surface area contributed by atoms with E-state index in [-0.39, 0.29) is 0 Å². The number of nitrogens with one attached hydrogen (secondary N) is 1. The lowest BCUT2D eigenvalue weighted by Crippen LogP contribution is -2.38. The smallest absolute Gasteiger partial charge is 0.339 e. The molecule has 0 radical (unpaired) electrons. The van der Waals surface area contributed by atoms with Gasteiger partial charge in [0.15, 0.2) is 0 Å². The minimum atomic E-state index is 0.684. The Morgan fingerprint density at radius 3 is 2.48 bits per heavy atom. The van der Waals surface area contributed by atoms with Crippen molar-refractivity contribution in [3.05, 3.63) is 65.5 Å². The van der Waals surface area contributed by atoms with Crippen LogP contribution in [0.25, 0.3) is 11.3 Å². The van der Waals surface area contributed by atoms with E-state index in [1.807, 2.05) is 18.2 Å². The summed E-state index contributed by atoms with van der Waals surface area (Å²) >= 11 is 1.72. The number of ether oxygens (including phenoxy) is 1. The molecule has 118 valence electrons. The monoisotopic (exact) mass is 325 g/mol. The Morgan fingerprint density at radius 2 is 1.78 bits per heavy atom. The highest BCUT2D eigenvalue weighted by Crippen LogP contribution is 2.25. The van der Waals surface area contributed by atoms with Crippen LogP contribution in [0.15, 0.2) is 60.0 Å². The van der Waals surface area contributed by atoms with Crippen LogP contribution in [-0.2, 0) is 11.3 Å². The van der Waals surface area contributed by atoms with E-state index in [2.05, 4.69) is 58.6 Å². The summed E-state index contributed by atoms with van der Waals surface area (Å²) in [7, 11) is 1.74. The van der Waals surface area contributed by atoms with Gasteiger partial charge in [0.2, 0.25) is 0 Å². The Kier molecular flexibility index (Phi) is 5.05. The Balaban J connectivity index is 1.95. The first-order valence-corrected chi connectivity index (χ1v) is 8.55. The molecule has 0 saturated carbocycles. The number of hydrogen-bond donors (Lipinski definition) is 1. The van der Waals surface area contributed by atoms with Crippen LogP contribution in [0.2, 0.25) is 0 Å². The third-order valence-corrected chi connectivity index (χ3v) is 4.60. The van der Waals surface area contributed by atoms with Crippen molar-refractivity contribution in [2.45, 2.75) is 13.5 Å². The van der Waals surface area contributed by atoms with Gasteiger partial charge in [0.25, 0.3) is 0 Å². The molecule has 3 rings (SSSR count). The first-order valence-electron chi connectivity index (χ1n) is 7.67. The van der Waals surface area contributed by atoms with Crippen molar-refractivity contribution < 1.29 is 9.30 Å². The quantitative estimate of drug-likeness (QED) is 0.680. The molecule has 0 amide bonds. The molecule has 23 heavy (non-hydrogen) atoms. The van der Waals surface area contributed by atoms with E-state index in [1.54, 1.807) is 18.4 Å². The van der Waals surface area contributed by atoms with E-state index in [0.29, 0.717) is 6.61 Å². The van der Waals surface area contributed by atoms with Crippen molar-refractivity contribution in [3.63, 3.8) is 0 Å². The van der Waals surface area contributed by atoms with Gasteiger partial charge in [-0.15, -0.1) is 0 Å². The van der Waals surface area contributed by atoms with Gasteiger partial charge >= 0.3 is 5.13 Å². The maximum absolute atomic E-state index is 5.29. The number of aromatic nitrogens is 1. The highest BCUT2D eigenvalue weighted by atomic mass is 32.1. The number of benzene rings is 2. The van der Waals surface area contributed by atoms with Gasteiger partial charge < -0.3 is 4.74 Å². The summed E-state index contributed by atoms with van der Waals surface area (Å²) in [5, 5.41) is 6.82. The van der Waals surface area contributed by atoms with Crippen LogP contribution < -0.4 is 9.88 Å². The zero-order valence-electron chi connectivity index (χ0n) is 13.5. The first kappa shape index (κ1) is 15.7. The molecule has 0 saturated heterocycles. The minimum Gasteiger partial charge on any atom is -0.381 e. The van der Waals surface area contributed by atoms with Crippen LogP contribution in [0.1, 0.15) is 5.56 Å².